The molecule has 0 saturated carbocycles. The number of ether oxygens (including phenoxy) is 2. The maximum absolute atomic E-state index is 6.05. The number of benzene rings is 2. The number of unbranched alkanes of at least 4 members (excludes halogenated alkanes) is 2. The molecule has 0 aliphatic rings. The lowest BCUT2D eigenvalue weighted by atomic mass is 10.1. The van der Waals surface area contributed by atoms with E-state index in [2.05, 4.69) is 118 Å². The number of aromatic nitrogens is 4. The Morgan fingerprint density at radius 2 is 1.04 bits per heavy atom. The zero-order valence-electron chi connectivity index (χ0n) is 28.5. The van der Waals surface area contributed by atoms with Gasteiger partial charge >= 0.3 is 0 Å². The minimum atomic E-state index is -0.180. The summed E-state index contributed by atoms with van der Waals surface area (Å²) in [6.45, 7) is 9.80. The largest absolute Gasteiger partial charge is 0.456 e. The Balaban J connectivity index is 1.21. The van der Waals surface area contributed by atoms with Gasteiger partial charge in [-0.1, -0.05) is 64.8 Å². The van der Waals surface area contributed by atoms with E-state index in [9.17, 15) is 0 Å². The van der Waals surface area contributed by atoms with Gasteiger partial charge in [-0.3, -0.25) is 0 Å². The summed E-state index contributed by atoms with van der Waals surface area (Å²) in [5.74, 6) is 0. The lowest BCUT2D eigenvalue weighted by Gasteiger charge is -2.15. The predicted molar refractivity (Wildman–Crippen MR) is 198 cm³/mol. The number of hydrogen-bond donors (Lipinski definition) is 6. The molecule has 6 aromatic rings. The number of rotatable bonds is 14. The first-order valence-electron chi connectivity index (χ1n) is 17.3. The van der Waals surface area contributed by atoms with Crippen molar-refractivity contribution in [1.82, 2.24) is 19.9 Å². The Morgan fingerprint density at radius 3 is 1.44 bits per heavy atom. The average Bonchev–Trinajstić information content (AvgIpc) is 3.90. The molecule has 0 bridgehead atoms. The molecule has 6 rings (SSSR count). The van der Waals surface area contributed by atoms with Gasteiger partial charge in [-0.2, -0.15) is 0 Å². The van der Waals surface area contributed by atoms with Gasteiger partial charge in [-0.15, -0.1) is 0 Å². The highest BCUT2D eigenvalue weighted by atomic mass is 16.5. The van der Waals surface area contributed by atoms with Crippen molar-refractivity contribution in [1.29, 1.82) is 0 Å². The molecule has 8 N–H and O–H groups in total. The van der Waals surface area contributed by atoms with Crippen molar-refractivity contribution in [2.24, 2.45) is 21.5 Å². The standard InChI is InChI=1S/C38H48N8O2/c1-5-9-19-41-37(39)47-33(7-3)29-17-15-27(43-29)23-11-13-25-31(21-23)45-36-26-14-12-24(22-32(26)46-35(25)36)28-16-18-30(44-28)34(8-4)48-38(40)42-20-10-6-2/h11-18,21-22,33-34,43-46H,5-10,19-20H2,1-4H3,(H2,39,41)(H2,40,42). The van der Waals surface area contributed by atoms with Gasteiger partial charge < -0.3 is 40.9 Å². The molecule has 2 aromatic carbocycles. The van der Waals surface area contributed by atoms with Crippen molar-refractivity contribution >= 4 is 44.9 Å². The first kappa shape index (κ1) is 32.8. The second kappa shape index (κ2) is 14.8. The van der Waals surface area contributed by atoms with Gasteiger partial charge in [-0.25, -0.2) is 9.98 Å². The maximum atomic E-state index is 6.05. The molecule has 2 unspecified atom stereocenters. The van der Waals surface area contributed by atoms with E-state index in [1.165, 1.54) is 0 Å². The number of nitrogens with zero attached hydrogens (tertiary/aromatic N) is 2. The zero-order valence-corrected chi connectivity index (χ0v) is 28.5. The molecule has 48 heavy (non-hydrogen) atoms. The molecule has 0 radical (unpaired) electrons. The fourth-order valence-corrected chi connectivity index (χ4v) is 6.20. The van der Waals surface area contributed by atoms with Gasteiger partial charge in [0.1, 0.15) is 12.2 Å². The number of nitrogens with one attached hydrogen (secondary N) is 4. The number of aromatic amines is 4. The third kappa shape index (κ3) is 6.93. The van der Waals surface area contributed by atoms with Gasteiger partial charge in [0.25, 0.3) is 12.0 Å². The highest BCUT2D eigenvalue weighted by Crippen LogP contribution is 2.36. The van der Waals surface area contributed by atoms with Crippen LogP contribution in [0.15, 0.2) is 70.6 Å². The van der Waals surface area contributed by atoms with E-state index in [-0.39, 0.29) is 24.3 Å². The van der Waals surface area contributed by atoms with Crippen molar-refractivity contribution in [3.8, 4) is 22.5 Å². The molecule has 0 aliphatic heterocycles. The van der Waals surface area contributed by atoms with Crippen molar-refractivity contribution in [3.63, 3.8) is 0 Å². The number of nitrogens with two attached hydrogens (primary N) is 2. The van der Waals surface area contributed by atoms with Gasteiger partial charge in [0.05, 0.1) is 22.4 Å². The molecule has 4 heterocycles. The molecule has 0 aliphatic carbocycles. The van der Waals surface area contributed by atoms with E-state index in [1.807, 2.05) is 0 Å². The van der Waals surface area contributed by atoms with Crippen molar-refractivity contribution in [3.05, 3.63) is 72.1 Å². The summed E-state index contributed by atoms with van der Waals surface area (Å²) in [5, 5.41) is 2.29. The lowest BCUT2D eigenvalue weighted by molar-refractivity contribution is 0.179. The van der Waals surface area contributed by atoms with E-state index in [4.69, 9.17) is 20.9 Å². The van der Waals surface area contributed by atoms with Gasteiger partial charge in [-0.05, 0) is 62.1 Å². The van der Waals surface area contributed by atoms with Crippen LogP contribution >= 0.6 is 0 Å². The van der Waals surface area contributed by atoms with Crippen LogP contribution < -0.4 is 11.5 Å². The number of amidine groups is 2. The summed E-state index contributed by atoms with van der Waals surface area (Å²) >= 11 is 0. The highest BCUT2D eigenvalue weighted by molar-refractivity contribution is 6.17. The molecule has 0 spiro atoms. The number of H-pyrrole nitrogens is 4. The molecular weight excluding hydrogens is 600 g/mol. The highest BCUT2D eigenvalue weighted by Gasteiger charge is 2.18. The minimum Gasteiger partial charge on any atom is -0.456 e. The number of fused-ring (bicyclic) bond motifs is 5. The third-order valence-electron chi connectivity index (χ3n) is 8.91. The zero-order chi connectivity index (χ0) is 33.6. The second-order valence-electron chi connectivity index (χ2n) is 12.4. The van der Waals surface area contributed by atoms with E-state index in [0.717, 1.165) is 105 Å². The Labute approximate surface area is 281 Å². The van der Waals surface area contributed by atoms with Crippen LogP contribution in [-0.4, -0.2) is 45.1 Å². The Hall–Kier alpha value is -5.12. The maximum Gasteiger partial charge on any atom is 0.282 e. The summed E-state index contributed by atoms with van der Waals surface area (Å²) in [6, 6.07) is 21.8. The third-order valence-corrected chi connectivity index (χ3v) is 8.91. The molecule has 0 saturated heterocycles. The smallest absolute Gasteiger partial charge is 0.282 e. The number of hydrogen-bond acceptors (Lipinski definition) is 4. The quantitative estimate of drug-likeness (QED) is 0.0396. The Kier molecular flexibility index (Phi) is 10.1. The summed E-state index contributed by atoms with van der Waals surface area (Å²) < 4.78 is 11.9. The van der Waals surface area contributed by atoms with E-state index in [1.54, 1.807) is 0 Å². The van der Waals surface area contributed by atoms with E-state index in [0.29, 0.717) is 13.1 Å². The molecular formula is C38H48N8O2. The fourth-order valence-electron chi connectivity index (χ4n) is 6.20. The molecule has 0 fully saturated rings. The summed E-state index contributed by atoms with van der Waals surface area (Å²) in [5.41, 5.74) is 22.6. The van der Waals surface area contributed by atoms with Crippen LogP contribution in [0.2, 0.25) is 0 Å². The van der Waals surface area contributed by atoms with Crippen LogP contribution in [0.5, 0.6) is 0 Å². The average molecular weight is 649 g/mol. The van der Waals surface area contributed by atoms with Crippen LogP contribution in [0.3, 0.4) is 0 Å². The second-order valence-corrected chi connectivity index (χ2v) is 12.4. The Bertz CT molecular complexity index is 1900. The topological polar surface area (TPSA) is 158 Å². The van der Waals surface area contributed by atoms with Gasteiger partial charge in [0, 0.05) is 57.4 Å². The SMILES string of the molecule is CCCCN=C(N)OC(CC)c1ccc(-c2ccc3c(c2)[nH]c2c4ccc(-c5ccc(C(CC)OC(N)=NCCCC)[nH]5)cc4[nH]c32)[nH]1. The molecule has 10 heteroatoms. The van der Waals surface area contributed by atoms with Crippen LogP contribution in [0.4, 0.5) is 0 Å². The summed E-state index contributed by atoms with van der Waals surface area (Å²) in [6.07, 6.45) is 5.34. The first-order valence-corrected chi connectivity index (χ1v) is 17.3. The van der Waals surface area contributed by atoms with Crippen LogP contribution in [0.1, 0.15) is 89.8 Å². The Morgan fingerprint density at radius 1 is 0.604 bits per heavy atom. The number of aliphatic imine (C=N–C) groups is 2. The first-order chi connectivity index (χ1) is 23.4. The van der Waals surface area contributed by atoms with Crippen molar-refractivity contribution < 1.29 is 9.47 Å². The molecule has 4 aromatic heterocycles. The lowest BCUT2D eigenvalue weighted by Crippen LogP contribution is -2.20. The summed E-state index contributed by atoms with van der Waals surface area (Å²) in [4.78, 5) is 23.1. The van der Waals surface area contributed by atoms with Crippen molar-refractivity contribution in [2.45, 2.75) is 78.4 Å². The fraction of sp³-hybridized carbons (Fsp3) is 0.368. The van der Waals surface area contributed by atoms with Gasteiger partial charge in [0.2, 0.25) is 0 Å². The van der Waals surface area contributed by atoms with Crippen LogP contribution in [0.25, 0.3) is 55.4 Å². The van der Waals surface area contributed by atoms with Crippen molar-refractivity contribution in [2.75, 3.05) is 13.1 Å². The van der Waals surface area contributed by atoms with Gasteiger partial charge in [0.15, 0.2) is 0 Å². The predicted octanol–water partition coefficient (Wildman–Crippen LogP) is 8.96. The molecule has 0 amide bonds. The molecule has 252 valence electrons. The van der Waals surface area contributed by atoms with E-state index < -0.39 is 0 Å². The minimum absolute atomic E-state index is 0.180. The van der Waals surface area contributed by atoms with Crippen LogP contribution in [0, 0.1) is 0 Å². The normalized spacial score (nSPS) is 13.9. The van der Waals surface area contributed by atoms with E-state index >= 15 is 0 Å². The molecule has 2 atom stereocenters. The monoisotopic (exact) mass is 648 g/mol. The van der Waals surface area contributed by atoms with Crippen LogP contribution in [-0.2, 0) is 9.47 Å². The molecule has 10 nitrogen and oxygen atoms in total. The summed E-state index contributed by atoms with van der Waals surface area (Å²) in [7, 11) is 0.